The first kappa shape index (κ1) is 15.1. The lowest BCUT2D eigenvalue weighted by Gasteiger charge is -2.23. The van der Waals surface area contributed by atoms with Gasteiger partial charge >= 0.3 is 0 Å². The molecule has 0 amide bonds. The van der Waals surface area contributed by atoms with Crippen LogP contribution in [0.2, 0.25) is 0 Å². The summed E-state index contributed by atoms with van der Waals surface area (Å²) in [5.74, 6) is 5.62. The van der Waals surface area contributed by atoms with Crippen LogP contribution < -0.4 is 11.3 Å². The molecule has 18 heavy (non-hydrogen) atoms. The Bertz CT molecular complexity index is 351. The zero-order chi connectivity index (χ0) is 13.5. The standard InChI is InChI=1S/C13H26N4O/c1-5-11-8-12(17(6-2)16-11)9-13(15-14)10(4)18-7-3/h8,10,13,15H,5-7,9,14H2,1-4H3. The van der Waals surface area contributed by atoms with Crippen LogP contribution in [0.1, 0.15) is 39.1 Å². The molecule has 1 aromatic rings. The van der Waals surface area contributed by atoms with E-state index < -0.39 is 0 Å². The molecule has 5 nitrogen and oxygen atoms in total. The summed E-state index contributed by atoms with van der Waals surface area (Å²) in [6, 6.07) is 2.27. The normalized spacial score (nSPS) is 14.7. The number of nitrogens with two attached hydrogens (primary N) is 1. The fraction of sp³-hybridized carbons (Fsp3) is 0.769. The van der Waals surface area contributed by atoms with E-state index in [0.717, 1.165) is 25.1 Å². The number of nitrogens with one attached hydrogen (secondary N) is 1. The zero-order valence-electron chi connectivity index (χ0n) is 11.9. The second kappa shape index (κ2) is 7.51. The third kappa shape index (κ3) is 3.80. The smallest absolute Gasteiger partial charge is 0.0717 e. The van der Waals surface area contributed by atoms with E-state index >= 15 is 0 Å². The molecule has 0 aliphatic rings. The molecule has 2 unspecified atom stereocenters. The fourth-order valence-electron chi connectivity index (χ4n) is 2.09. The summed E-state index contributed by atoms with van der Waals surface area (Å²) in [6.07, 6.45) is 1.88. The van der Waals surface area contributed by atoms with Gasteiger partial charge in [0.1, 0.15) is 0 Å². The van der Waals surface area contributed by atoms with E-state index in [1.54, 1.807) is 0 Å². The molecule has 1 aromatic heterocycles. The lowest BCUT2D eigenvalue weighted by Crippen LogP contribution is -2.45. The average Bonchev–Trinajstić information content (AvgIpc) is 2.78. The first-order chi connectivity index (χ1) is 8.65. The molecule has 3 N–H and O–H groups in total. The molecule has 1 heterocycles. The quantitative estimate of drug-likeness (QED) is 0.541. The SMILES string of the molecule is CCOC(C)C(Cc1cc(CC)nn1CC)NN. The Kier molecular flexibility index (Phi) is 6.32. The topological polar surface area (TPSA) is 65.1 Å². The Hall–Kier alpha value is -0.910. The van der Waals surface area contributed by atoms with Crippen LogP contribution in [-0.4, -0.2) is 28.5 Å². The molecule has 0 bridgehead atoms. The maximum absolute atomic E-state index is 5.62. The molecule has 2 atom stereocenters. The summed E-state index contributed by atoms with van der Waals surface area (Å²) in [5.41, 5.74) is 5.19. The third-order valence-corrected chi connectivity index (χ3v) is 3.22. The average molecular weight is 254 g/mol. The molecule has 0 radical (unpaired) electrons. The van der Waals surface area contributed by atoms with E-state index in [2.05, 4.69) is 30.4 Å². The number of hydrazine groups is 1. The third-order valence-electron chi connectivity index (χ3n) is 3.22. The van der Waals surface area contributed by atoms with Gasteiger partial charge in [-0.1, -0.05) is 6.92 Å². The molecule has 0 saturated carbocycles. The van der Waals surface area contributed by atoms with Gasteiger partial charge in [-0.3, -0.25) is 16.0 Å². The van der Waals surface area contributed by atoms with Crippen LogP contribution in [-0.2, 0) is 24.1 Å². The summed E-state index contributed by atoms with van der Waals surface area (Å²) >= 11 is 0. The van der Waals surface area contributed by atoms with Gasteiger partial charge in [-0.25, -0.2) is 0 Å². The number of hydrogen-bond acceptors (Lipinski definition) is 4. The van der Waals surface area contributed by atoms with Gasteiger partial charge in [-0.05, 0) is 33.3 Å². The number of nitrogens with zero attached hydrogens (tertiary/aromatic N) is 2. The van der Waals surface area contributed by atoms with Crippen molar-refractivity contribution < 1.29 is 4.74 Å². The predicted octanol–water partition coefficient (Wildman–Crippen LogP) is 1.26. The first-order valence-corrected chi connectivity index (χ1v) is 6.79. The zero-order valence-corrected chi connectivity index (χ0v) is 11.9. The Morgan fingerprint density at radius 1 is 1.44 bits per heavy atom. The Morgan fingerprint density at radius 3 is 2.67 bits per heavy atom. The van der Waals surface area contributed by atoms with Gasteiger partial charge in [0.15, 0.2) is 0 Å². The van der Waals surface area contributed by atoms with Crippen molar-refractivity contribution in [3.8, 4) is 0 Å². The molecule has 0 fully saturated rings. The van der Waals surface area contributed by atoms with Crippen LogP contribution in [0.25, 0.3) is 0 Å². The lowest BCUT2D eigenvalue weighted by atomic mass is 10.1. The summed E-state index contributed by atoms with van der Waals surface area (Å²) in [4.78, 5) is 0. The van der Waals surface area contributed by atoms with Crippen molar-refractivity contribution in [1.82, 2.24) is 15.2 Å². The molecule has 0 spiro atoms. The second-order valence-electron chi connectivity index (χ2n) is 4.43. The minimum atomic E-state index is 0.0882. The van der Waals surface area contributed by atoms with E-state index in [1.807, 2.05) is 18.5 Å². The van der Waals surface area contributed by atoms with Gasteiger partial charge in [0.05, 0.1) is 17.8 Å². The van der Waals surface area contributed by atoms with Crippen molar-refractivity contribution >= 4 is 0 Å². The molecular formula is C13H26N4O. The molecule has 0 aliphatic carbocycles. The van der Waals surface area contributed by atoms with Crippen molar-refractivity contribution in [2.75, 3.05) is 6.61 Å². The van der Waals surface area contributed by atoms with Crippen LogP contribution in [0.15, 0.2) is 6.07 Å². The van der Waals surface area contributed by atoms with E-state index in [-0.39, 0.29) is 12.1 Å². The highest BCUT2D eigenvalue weighted by Gasteiger charge is 2.19. The Morgan fingerprint density at radius 2 is 2.17 bits per heavy atom. The minimum absolute atomic E-state index is 0.0882. The van der Waals surface area contributed by atoms with Crippen molar-refractivity contribution in [2.24, 2.45) is 5.84 Å². The minimum Gasteiger partial charge on any atom is -0.377 e. The van der Waals surface area contributed by atoms with Crippen LogP contribution in [0.4, 0.5) is 0 Å². The van der Waals surface area contributed by atoms with Gasteiger partial charge in [0.2, 0.25) is 0 Å². The monoisotopic (exact) mass is 254 g/mol. The van der Waals surface area contributed by atoms with Crippen LogP contribution in [0, 0.1) is 0 Å². The number of hydrogen-bond donors (Lipinski definition) is 2. The van der Waals surface area contributed by atoms with Gasteiger partial charge in [-0.15, -0.1) is 0 Å². The van der Waals surface area contributed by atoms with Crippen LogP contribution in [0.5, 0.6) is 0 Å². The largest absolute Gasteiger partial charge is 0.377 e. The number of ether oxygens (including phenoxy) is 1. The van der Waals surface area contributed by atoms with E-state index in [0.29, 0.717) is 6.61 Å². The van der Waals surface area contributed by atoms with E-state index in [1.165, 1.54) is 5.69 Å². The summed E-state index contributed by atoms with van der Waals surface area (Å²) in [7, 11) is 0. The molecule has 0 aromatic carbocycles. The maximum Gasteiger partial charge on any atom is 0.0717 e. The fourth-order valence-corrected chi connectivity index (χ4v) is 2.09. The number of aryl methyl sites for hydroxylation is 2. The Labute approximate surface area is 110 Å². The summed E-state index contributed by atoms with van der Waals surface area (Å²) in [6.45, 7) is 9.85. The summed E-state index contributed by atoms with van der Waals surface area (Å²) < 4.78 is 7.65. The van der Waals surface area contributed by atoms with Crippen molar-refractivity contribution in [3.05, 3.63) is 17.5 Å². The predicted molar refractivity (Wildman–Crippen MR) is 73.2 cm³/mol. The van der Waals surface area contributed by atoms with Crippen LogP contribution in [0.3, 0.4) is 0 Å². The van der Waals surface area contributed by atoms with Crippen molar-refractivity contribution in [3.63, 3.8) is 0 Å². The van der Waals surface area contributed by atoms with E-state index in [4.69, 9.17) is 10.6 Å². The van der Waals surface area contributed by atoms with E-state index in [9.17, 15) is 0 Å². The molecule has 0 aliphatic heterocycles. The van der Waals surface area contributed by atoms with Gasteiger partial charge in [-0.2, -0.15) is 5.10 Å². The summed E-state index contributed by atoms with van der Waals surface area (Å²) in [5, 5.41) is 4.55. The van der Waals surface area contributed by atoms with Crippen molar-refractivity contribution in [1.29, 1.82) is 0 Å². The second-order valence-corrected chi connectivity index (χ2v) is 4.43. The van der Waals surface area contributed by atoms with Gasteiger partial charge in [0.25, 0.3) is 0 Å². The highest BCUT2D eigenvalue weighted by molar-refractivity contribution is 5.12. The number of aromatic nitrogens is 2. The van der Waals surface area contributed by atoms with Crippen LogP contribution >= 0.6 is 0 Å². The molecule has 5 heteroatoms. The maximum atomic E-state index is 5.62. The molecular weight excluding hydrogens is 228 g/mol. The highest BCUT2D eigenvalue weighted by atomic mass is 16.5. The Balaban J connectivity index is 2.77. The highest BCUT2D eigenvalue weighted by Crippen LogP contribution is 2.11. The lowest BCUT2D eigenvalue weighted by molar-refractivity contribution is 0.0471. The molecule has 104 valence electrons. The van der Waals surface area contributed by atoms with Gasteiger partial charge in [0, 0.05) is 25.3 Å². The molecule has 0 saturated heterocycles. The van der Waals surface area contributed by atoms with Gasteiger partial charge < -0.3 is 4.74 Å². The molecule has 1 rings (SSSR count). The van der Waals surface area contributed by atoms with Crippen molar-refractivity contribution in [2.45, 2.75) is 59.2 Å². The number of rotatable bonds is 8. The first-order valence-electron chi connectivity index (χ1n) is 6.79.